The molecule has 0 heterocycles. The van der Waals surface area contributed by atoms with Crippen LogP contribution in [0.5, 0.6) is 0 Å². The van der Waals surface area contributed by atoms with Gasteiger partial charge >= 0.3 is 5.97 Å². The number of Topliss-reactive ketones (excluding diaryl/α,β-unsaturated/α-hetero) is 2. The van der Waals surface area contributed by atoms with Crippen molar-refractivity contribution >= 4 is 17.5 Å². The molecule has 4 rings (SSSR count). The monoisotopic (exact) mass is 528 g/mol. The Morgan fingerprint density at radius 2 is 1.79 bits per heavy atom. The highest BCUT2D eigenvalue weighted by atomic mass is 16.6. The lowest BCUT2D eigenvalue weighted by Crippen LogP contribution is -2.61. The average molecular weight is 529 g/mol. The summed E-state index contributed by atoms with van der Waals surface area (Å²) in [7, 11) is 0. The highest BCUT2D eigenvalue weighted by molar-refractivity contribution is 6.01. The van der Waals surface area contributed by atoms with E-state index in [9.17, 15) is 24.6 Å². The number of carbonyl (C=O) groups excluding carboxylic acids is 3. The van der Waals surface area contributed by atoms with Gasteiger partial charge in [-0.15, -0.1) is 0 Å². The molecule has 38 heavy (non-hydrogen) atoms. The van der Waals surface area contributed by atoms with Gasteiger partial charge in [0.2, 0.25) is 0 Å². The summed E-state index contributed by atoms with van der Waals surface area (Å²) in [5, 5.41) is 21.2. The Balaban J connectivity index is 1.73. The molecule has 0 radical (unpaired) electrons. The summed E-state index contributed by atoms with van der Waals surface area (Å²) in [5.74, 6) is 0.283. The number of allylic oxidation sites excluding steroid dienone is 4. The molecule has 6 nitrogen and oxygen atoms in total. The van der Waals surface area contributed by atoms with Crippen molar-refractivity contribution in [2.24, 2.45) is 39.4 Å². The molecule has 8 atom stereocenters. The molecular weight excluding hydrogens is 480 g/mol. The van der Waals surface area contributed by atoms with E-state index in [2.05, 4.69) is 46.8 Å². The molecule has 0 amide bonds. The van der Waals surface area contributed by atoms with Crippen LogP contribution in [0.2, 0.25) is 0 Å². The van der Waals surface area contributed by atoms with Gasteiger partial charge in [0.05, 0.1) is 5.60 Å². The summed E-state index contributed by atoms with van der Waals surface area (Å²) in [6.07, 6.45) is 6.41. The van der Waals surface area contributed by atoms with Crippen molar-refractivity contribution in [2.45, 2.75) is 119 Å². The van der Waals surface area contributed by atoms with E-state index in [4.69, 9.17) is 4.74 Å². The maximum atomic E-state index is 13.7. The summed E-state index contributed by atoms with van der Waals surface area (Å²) in [6, 6.07) is 0. The minimum atomic E-state index is -1.46. The largest absolute Gasteiger partial charge is 0.460 e. The first-order chi connectivity index (χ1) is 17.3. The second-order valence-electron chi connectivity index (χ2n) is 14.6. The third-order valence-corrected chi connectivity index (χ3v) is 11.5. The molecular formula is C32H48O6. The number of ether oxygens (including phenoxy) is 1. The Kier molecular flexibility index (Phi) is 7.01. The quantitative estimate of drug-likeness (QED) is 0.451. The number of hydrogen-bond acceptors (Lipinski definition) is 6. The zero-order valence-electron chi connectivity index (χ0n) is 24.8. The number of ketones is 2. The van der Waals surface area contributed by atoms with Crippen molar-refractivity contribution in [1.82, 2.24) is 0 Å². The van der Waals surface area contributed by atoms with E-state index in [1.807, 2.05) is 6.92 Å². The molecule has 0 saturated heterocycles. The highest BCUT2D eigenvalue weighted by Crippen LogP contribution is 2.72. The molecule has 0 aromatic heterocycles. The summed E-state index contributed by atoms with van der Waals surface area (Å²) < 4.78 is 5.44. The predicted molar refractivity (Wildman–Crippen MR) is 146 cm³/mol. The van der Waals surface area contributed by atoms with Gasteiger partial charge in [-0.1, -0.05) is 53.7 Å². The van der Waals surface area contributed by atoms with Gasteiger partial charge in [-0.25, -0.2) is 0 Å². The fraction of sp³-hybridized carbons (Fsp3) is 0.781. The maximum Gasteiger partial charge on any atom is 0.302 e. The maximum absolute atomic E-state index is 13.7. The molecule has 2 N–H and O–H groups in total. The number of esters is 1. The Morgan fingerprint density at radius 1 is 1.16 bits per heavy atom. The smallest absolute Gasteiger partial charge is 0.302 e. The molecule has 0 aromatic carbocycles. The second-order valence-corrected chi connectivity index (χ2v) is 14.6. The summed E-state index contributed by atoms with van der Waals surface area (Å²) >= 11 is 0. The lowest BCUT2D eigenvalue weighted by atomic mass is 9.37. The van der Waals surface area contributed by atoms with E-state index >= 15 is 0 Å². The molecule has 2 fully saturated rings. The van der Waals surface area contributed by atoms with Crippen molar-refractivity contribution < 1.29 is 29.3 Å². The standard InChI is InChI=1S/C32H48O6/c1-18(16-22(38-19(2)33)27(36)29(5,6)37)26-20-10-11-24-30(7)14-13-25(35)28(3,4)23(30)12-15-31(24,8)32(20,9)17-21(26)34/h10-11,18,22-24,27,36-37H,12-17H2,1-9H3. The van der Waals surface area contributed by atoms with Crippen LogP contribution in [0.4, 0.5) is 0 Å². The number of aliphatic hydroxyl groups excluding tert-OH is 1. The van der Waals surface area contributed by atoms with Gasteiger partial charge in [-0.05, 0) is 73.7 Å². The van der Waals surface area contributed by atoms with Gasteiger partial charge in [-0.3, -0.25) is 14.4 Å². The Labute approximate surface area is 228 Å². The van der Waals surface area contributed by atoms with Gasteiger partial charge in [0.15, 0.2) is 5.78 Å². The van der Waals surface area contributed by atoms with E-state index in [1.165, 1.54) is 20.8 Å². The number of fused-ring (bicyclic) bond motifs is 5. The van der Waals surface area contributed by atoms with Crippen molar-refractivity contribution in [3.8, 4) is 0 Å². The zero-order valence-corrected chi connectivity index (χ0v) is 24.8. The number of carbonyl (C=O) groups is 3. The normalized spacial score (nSPS) is 38.7. The molecule has 2 saturated carbocycles. The molecule has 8 unspecified atom stereocenters. The average Bonchev–Trinajstić information content (AvgIpc) is 3.05. The molecule has 6 heteroatoms. The van der Waals surface area contributed by atoms with Crippen molar-refractivity contribution in [2.75, 3.05) is 0 Å². The van der Waals surface area contributed by atoms with E-state index in [0.717, 1.165) is 30.4 Å². The van der Waals surface area contributed by atoms with E-state index in [1.54, 1.807) is 0 Å². The lowest BCUT2D eigenvalue weighted by Gasteiger charge is -2.66. The van der Waals surface area contributed by atoms with Gasteiger partial charge in [0, 0.05) is 36.2 Å². The van der Waals surface area contributed by atoms with Crippen LogP contribution in [-0.2, 0) is 19.1 Å². The highest BCUT2D eigenvalue weighted by Gasteiger charge is 2.66. The molecule has 0 aliphatic heterocycles. The van der Waals surface area contributed by atoms with Crippen LogP contribution < -0.4 is 0 Å². The first kappa shape index (κ1) is 29.2. The van der Waals surface area contributed by atoms with Crippen LogP contribution >= 0.6 is 0 Å². The summed E-state index contributed by atoms with van der Waals surface area (Å²) in [4.78, 5) is 38.4. The predicted octanol–water partition coefficient (Wildman–Crippen LogP) is 5.35. The SMILES string of the molecule is CC(=O)OC(CC(C)C1=C2C=CC3C4(C)CCC(=O)C(C)(C)C4CCC3(C)C2(C)CC1=O)C(O)C(C)(C)O. The third-order valence-electron chi connectivity index (χ3n) is 11.5. The zero-order chi connectivity index (χ0) is 28.6. The number of rotatable bonds is 6. The van der Waals surface area contributed by atoms with Crippen LogP contribution in [0.1, 0.15) is 101 Å². The lowest BCUT2D eigenvalue weighted by molar-refractivity contribution is -0.166. The molecule has 4 aliphatic rings. The molecule has 0 bridgehead atoms. The minimum absolute atomic E-state index is 0.00981. The first-order valence-electron chi connectivity index (χ1n) is 14.4. The fourth-order valence-electron chi connectivity index (χ4n) is 9.19. The van der Waals surface area contributed by atoms with E-state index in [-0.39, 0.29) is 45.7 Å². The number of aliphatic hydroxyl groups is 2. The Bertz CT molecular complexity index is 1090. The molecule has 4 aliphatic carbocycles. The van der Waals surface area contributed by atoms with Gasteiger partial charge in [0.25, 0.3) is 0 Å². The fourth-order valence-corrected chi connectivity index (χ4v) is 9.19. The first-order valence-corrected chi connectivity index (χ1v) is 14.4. The Morgan fingerprint density at radius 3 is 2.37 bits per heavy atom. The van der Waals surface area contributed by atoms with Crippen molar-refractivity contribution in [1.29, 1.82) is 0 Å². The third kappa shape index (κ3) is 4.16. The van der Waals surface area contributed by atoms with Crippen LogP contribution in [0.15, 0.2) is 23.3 Å². The van der Waals surface area contributed by atoms with Crippen molar-refractivity contribution in [3.63, 3.8) is 0 Å². The van der Waals surface area contributed by atoms with E-state index < -0.39 is 23.8 Å². The molecule has 0 spiro atoms. The number of hydrogen-bond donors (Lipinski definition) is 2. The minimum Gasteiger partial charge on any atom is -0.460 e. The molecule has 0 aromatic rings. The topological polar surface area (TPSA) is 101 Å². The van der Waals surface area contributed by atoms with Gasteiger partial charge in [0.1, 0.15) is 18.0 Å². The van der Waals surface area contributed by atoms with Crippen LogP contribution in [0.25, 0.3) is 0 Å². The van der Waals surface area contributed by atoms with Crippen LogP contribution in [0, 0.1) is 39.4 Å². The van der Waals surface area contributed by atoms with Crippen LogP contribution in [-0.4, -0.2) is 45.6 Å². The van der Waals surface area contributed by atoms with Crippen molar-refractivity contribution in [3.05, 3.63) is 23.3 Å². The molecule has 212 valence electrons. The second kappa shape index (κ2) is 9.12. The van der Waals surface area contributed by atoms with Crippen LogP contribution in [0.3, 0.4) is 0 Å². The summed E-state index contributed by atoms with van der Waals surface area (Å²) in [5.41, 5.74) is -0.436. The summed E-state index contributed by atoms with van der Waals surface area (Å²) in [6.45, 7) is 17.4. The van der Waals surface area contributed by atoms with Gasteiger partial charge in [-0.2, -0.15) is 0 Å². The van der Waals surface area contributed by atoms with E-state index in [0.29, 0.717) is 24.5 Å². The Hall–Kier alpha value is -1.79. The van der Waals surface area contributed by atoms with Gasteiger partial charge < -0.3 is 14.9 Å².